The minimum absolute atomic E-state index is 0. The van der Waals surface area contributed by atoms with E-state index in [1.165, 1.54) is 0 Å². The van der Waals surface area contributed by atoms with E-state index in [0.717, 1.165) is 0 Å². The lowest BCUT2D eigenvalue weighted by atomic mass is 10.4. The second-order valence-electron chi connectivity index (χ2n) is 1.13. The molecule has 0 aromatic heterocycles. The highest BCUT2D eigenvalue weighted by Gasteiger charge is 1.91. The number of aliphatic hydroxyl groups is 2. The van der Waals surface area contributed by atoms with Crippen LogP contribution in [0.25, 0.3) is 0 Å². The standard InChI is InChI=1S/C3H9NO2.CH4.H2O/c4-3(1-5)2-6;;/h3,5-6H,1-2,4H2;1H4;1H2. The maximum atomic E-state index is 8.05. The third-order valence-electron chi connectivity index (χ3n) is 0.469. The highest BCUT2D eigenvalue weighted by atomic mass is 16.3. The second kappa shape index (κ2) is 9.96. The molecule has 0 amide bonds. The molecule has 0 heterocycles. The Hall–Kier alpha value is -0.160. The van der Waals surface area contributed by atoms with Gasteiger partial charge in [0.2, 0.25) is 0 Å². The van der Waals surface area contributed by atoms with Crippen LogP contribution in [0.15, 0.2) is 0 Å². The van der Waals surface area contributed by atoms with E-state index in [4.69, 9.17) is 15.9 Å². The Bertz CT molecular complexity index is 30.5. The number of hydrogen-bond donors (Lipinski definition) is 3. The van der Waals surface area contributed by atoms with Crippen LogP contribution in [0.5, 0.6) is 0 Å². The lowest BCUT2D eigenvalue weighted by Crippen LogP contribution is -2.27. The normalized spacial score (nSPS) is 7.50. The molecule has 6 N–H and O–H groups in total. The Kier molecular flexibility index (Phi) is 19.5. The molecule has 0 atom stereocenters. The minimum Gasteiger partial charge on any atom is -0.412 e. The zero-order valence-electron chi connectivity index (χ0n) is 3.96. The predicted octanol–water partition coefficient (Wildman–Crippen LogP) is -1.89. The van der Waals surface area contributed by atoms with Gasteiger partial charge in [-0.1, -0.05) is 7.43 Å². The first-order valence-corrected chi connectivity index (χ1v) is 1.78. The molecule has 0 spiro atoms. The molecule has 0 aliphatic carbocycles. The number of aliphatic hydroxyl groups excluding tert-OH is 2. The van der Waals surface area contributed by atoms with Crippen molar-refractivity contribution in [3.8, 4) is 0 Å². The Labute approximate surface area is 49.2 Å². The van der Waals surface area contributed by atoms with Crippen LogP contribution in [-0.4, -0.2) is 34.9 Å². The first-order chi connectivity index (χ1) is 2.81. The van der Waals surface area contributed by atoms with Crippen LogP contribution in [0.3, 0.4) is 0 Å². The molecule has 0 aliphatic heterocycles. The maximum absolute atomic E-state index is 8.05. The molecule has 0 fully saturated rings. The van der Waals surface area contributed by atoms with Gasteiger partial charge in [0.25, 0.3) is 0 Å². The van der Waals surface area contributed by atoms with Crippen molar-refractivity contribution in [1.82, 2.24) is 0 Å². The largest absolute Gasteiger partial charge is 0.412 e. The van der Waals surface area contributed by atoms with Gasteiger partial charge in [-0.25, -0.2) is 0 Å². The van der Waals surface area contributed by atoms with E-state index in [-0.39, 0.29) is 26.1 Å². The monoisotopic (exact) mass is 125 g/mol. The van der Waals surface area contributed by atoms with Gasteiger partial charge in [0, 0.05) is 0 Å². The van der Waals surface area contributed by atoms with Crippen LogP contribution in [0.4, 0.5) is 0 Å². The smallest absolute Gasteiger partial charge is 0.0605 e. The van der Waals surface area contributed by atoms with E-state index in [1.807, 2.05) is 0 Å². The van der Waals surface area contributed by atoms with E-state index in [1.54, 1.807) is 0 Å². The third kappa shape index (κ3) is 9.28. The molecule has 0 bridgehead atoms. The SMILES string of the molecule is C.NC(CO)CO.O. The minimum atomic E-state index is -0.454. The number of rotatable bonds is 2. The average molecular weight is 125 g/mol. The quantitative estimate of drug-likeness (QED) is 0.402. The Morgan fingerprint density at radius 3 is 1.50 bits per heavy atom. The van der Waals surface area contributed by atoms with Crippen molar-refractivity contribution in [3.63, 3.8) is 0 Å². The summed E-state index contributed by atoms with van der Waals surface area (Å²) in [5.74, 6) is 0. The molecule has 0 unspecified atom stereocenters. The van der Waals surface area contributed by atoms with Gasteiger partial charge >= 0.3 is 0 Å². The Morgan fingerprint density at radius 1 is 1.25 bits per heavy atom. The molecule has 0 aromatic carbocycles. The molecule has 4 nitrogen and oxygen atoms in total. The third-order valence-corrected chi connectivity index (χ3v) is 0.469. The van der Waals surface area contributed by atoms with E-state index in [2.05, 4.69) is 0 Å². The molecule has 0 rings (SSSR count). The first kappa shape index (κ1) is 15.7. The summed E-state index contributed by atoms with van der Waals surface area (Å²) >= 11 is 0. The highest BCUT2D eigenvalue weighted by Crippen LogP contribution is 1.66. The summed E-state index contributed by atoms with van der Waals surface area (Å²) in [6, 6.07) is -0.454. The summed E-state index contributed by atoms with van der Waals surface area (Å²) in [6.07, 6.45) is 0. The molecule has 0 saturated carbocycles. The topological polar surface area (TPSA) is 98.0 Å². The highest BCUT2D eigenvalue weighted by molar-refractivity contribution is 4.52. The van der Waals surface area contributed by atoms with Crippen LogP contribution in [0.2, 0.25) is 0 Å². The van der Waals surface area contributed by atoms with Crippen molar-refractivity contribution >= 4 is 0 Å². The van der Waals surface area contributed by atoms with E-state index < -0.39 is 6.04 Å². The van der Waals surface area contributed by atoms with E-state index in [0.29, 0.717) is 0 Å². The van der Waals surface area contributed by atoms with Crippen molar-refractivity contribution in [2.45, 2.75) is 13.5 Å². The molecular formula is C4H15NO3. The zero-order valence-corrected chi connectivity index (χ0v) is 3.96. The van der Waals surface area contributed by atoms with Crippen LogP contribution < -0.4 is 5.73 Å². The van der Waals surface area contributed by atoms with Crippen molar-refractivity contribution in [3.05, 3.63) is 0 Å². The van der Waals surface area contributed by atoms with Crippen LogP contribution in [0, 0.1) is 0 Å². The van der Waals surface area contributed by atoms with Gasteiger partial charge in [-0.05, 0) is 0 Å². The van der Waals surface area contributed by atoms with Crippen molar-refractivity contribution in [2.24, 2.45) is 5.73 Å². The molecule has 0 aromatic rings. The maximum Gasteiger partial charge on any atom is 0.0605 e. The summed E-state index contributed by atoms with van der Waals surface area (Å²) in [6.45, 7) is -0.285. The van der Waals surface area contributed by atoms with Gasteiger partial charge in [0.15, 0.2) is 0 Å². The lowest BCUT2D eigenvalue weighted by Gasteiger charge is -1.98. The van der Waals surface area contributed by atoms with Gasteiger partial charge in [0.1, 0.15) is 0 Å². The van der Waals surface area contributed by atoms with Crippen molar-refractivity contribution < 1.29 is 15.7 Å². The molecule has 4 heteroatoms. The average Bonchev–Trinajstić information content (AvgIpc) is 1.65. The molecule has 0 saturated heterocycles. The van der Waals surface area contributed by atoms with Gasteiger partial charge < -0.3 is 21.4 Å². The summed E-state index contributed by atoms with van der Waals surface area (Å²) in [5.41, 5.74) is 4.97. The van der Waals surface area contributed by atoms with E-state index >= 15 is 0 Å². The Balaban J connectivity index is -0.000000125. The summed E-state index contributed by atoms with van der Waals surface area (Å²) < 4.78 is 0. The summed E-state index contributed by atoms with van der Waals surface area (Å²) in [4.78, 5) is 0. The number of hydrogen-bond acceptors (Lipinski definition) is 3. The van der Waals surface area contributed by atoms with Gasteiger partial charge in [-0.2, -0.15) is 0 Å². The van der Waals surface area contributed by atoms with Crippen LogP contribution >= 0.6 is 0 Å². The van der Waals surface area contributed by atoms with Gasteiger partial charge in [-0.3, -0.25) is 0 Å². The lowest BCUT2D eigenvalue weighted by molar-refractivity contribution is 0.194. The second-order valence-corrected chi connectivity index (χ2v) is 1.13. The fraction of sp³-hybridized carbons (Fsp3) is 1.00. The molecule has 0 aliphatic rings. The zero-order chi connectivity index (χ0) is 4.99. The van der Waals surface area contributed by atoms with Gasteiger partial charge in [-0.15, -0.1) is 0 Å². The number of nitrogens with two attached hydrogens (primary N) is 1. The van der Waals surface area contributed by atoms with Crippen molar-refractivity contribution in [1.29, 1.82) is 0 Å². The predicted molar refractivity (Wildman–Crippen MR) is 32.5 cm³/mol. The van der Waals surface area contributed by atoms with Crippen LogP contribution in [0.1, 0.15) is 7.43 Å². The fourth-order valence-corrected chi connectivity index (χ4v) is 0.0577. The molecule has 0 radical (unpaired) electrons. The fourth-order valence-electron chi connectivity index (χ4n) is 0.0577. The molecular weight excluding hydrogens is 110 g/mol. The molecule has 54 valence electrons. The summed E-state index contributed by atoms with van der Waals surface area (Å²) in [7, 11) is 0. The van der Waals surface area contributed by atoms with Gasteiger partial charge in [0.05, 0.1) is 19.3 Å². The Morgan fingerprint density at radius 2 is 1.50 bits per heavy atom. The summed E-state index contributed by atoms with van der Waals surface area (Å²) in [5, 5.41) is 16.1. The van der Waals surface area contributed by atoms with E-state index in [9.17, 15) is 0 Å². The van der Waals surface area contributed by atoms with Crippen molar-refractivity contribution in [2.75, 3.05) is 13.2 Å². The molecule has 8 heavy (non-hydrogen) atoms. The van der Waals surface area contributed by atoms with Crippen LogP contribution in [-0.2, 0) is 0 Å². The first-order valence-electron chi connectivity index (χ1n) is 1.78.